The summed E-state index contributed by atoms with van der Waals surface area (Å²) in [5.74, 6) is -3.07. The molecule has 5 fully saturated rings. The van der Waals surface area contributed by atoms with Crippen LogP contribution in [0.25, 0.3) is 0 Å². The van der Waals surface area contributed by atoms with Gasteiger partial charge in [0.25, 0.3) is 0 Å². The summed E-state index contributed by atoms with van der Waals surface area (Å²) in [5, 5.41) is 12.1. The molecule has 0 aromatic heterocycles. The molecule has 1 saturated carbocycles. The van der Waals surface area contributed by atoms with Crippen LogP contribution in [0.4, 0.5) is 0 Å². The molecule has 13 heteroatoms. The first kappa shape index (κ1) is 44.0. The fraction of sp³-hybridized carbons (Fsp3) is 0.614. The number of hydrogen-bond acceptors (Lipinski definition) is 9. The van der Waals surface area contributed by atoms with Crippen LogP contribution in [-0.4, -0.2) is 128 Å². The molecule has 1 unspecified atom stereocenters. The molecule has 1 aromatic rings. The van der Waals surface area contributed by atoms with Gasteiger partial charge in [0.05, 0.1) is 18.7 Å². The molecule has 1 aromatic carbocycles. The first-order valence-corrected chi connectivity index (χ1v) is 20.3. The van der Waals surface area contributed by atoms with Crippen LogP contribution in [0.2, 0.25) is 0 Å². The second-order valence-corrected chi connectivity index (χ2v) is 17.9. The standard InChI is InChI=1S/C44H58N2O9.ClH.HI/c1-26-22-27(2)44-33(14-15-34-36(44)37(47)28(3)39(40(34)55-44)54-41(48)31-11-7-8-12-31)24-35(51-6)43(50)53-38(26)29(4)52-42(49)32-13-9-10-30(23-32)25-46-19-16-45(5,17-20-46)18-21-46;;/h7-11,13-15,22-23,26,28-29,33-40,47H,12,16-21,24-25H2,1-6H3;2*1H/q+2;;/p-2/b27-22+;;/t26-,28-,29-,33?,34-,35+,36+,37-,38+,39-,40-,44+,45?,46?;;/m1../s1. The Hall–Kier alpha value is -2.59. The lowest BCUT2D eigenvalue weighted by atomic mass is 9.57. The summed E-state index contributed by atoms with van der Waals surface area (Å²) < 4.78 is 33.6. The number of hydrogen-bond donors (Lipinski definition) is 1. The van der Waals surface area contributed by atoms with E-state index in [4.69, 9.17) is 23.7 Å². The fourth-order valence-corrected chi connectivity index (χ4v) is 11.0. The maximum Gasteiger partial charge on any atom is 0.338 e. The van der Waals surface area contributed by atoms with Gasteiger partial charge in [-0.25, -0.2) is 14.4 Å². The number of likely N-dealkylation sites (N-methyl/N-ethyl adjacent to an activating group) is 1. The largest absolute Gasteiger partial charge is 1.00 e. The van der Waals surface area contributed by atoms with E-state index < -0.39 is 66.1 Å². The third kappa shape index (κ3) is 7.81. The van der Waals surface area contributed by atoms with E-state index >= 15 is 0 Å². The van der Waals surface area contributed by atoms with Crippen molar-refractivity contribution < 1.29 is 88.5 Å². The van der Waals surface area contributed by atoms with Gasteiger partial charge in [-0.05, 0) is 44.4 Å². The van der Waals surface area contributed by atoms with Gasteiger partial charge in [-0.15, -0.1) is 0 Å². The SMILES string of the molecule is CO[C@H]1CC2C=C[C@H]3[C@H]4O[C@]2(/C(C)=C/[C@@H](C)[C@@H]([C@@H](C)OC(=O)c2cccc(C[N+]56CC[N+](C)(CC5)CC6)c2)OC1=O)[C@@H]3[C@H](O)[C@@H](C)[C@H]4OC(=O)C1=CC=CC1.[Cl-].[I-]. The van der Waals surface area contributed by atoms with Crippen LogP contribution in [0, 0.1) is 29.6 Å². The van der Waals surface area contributed by atoms with Gasteiger partial charge in [0, 0.05) is 47.8 Å². The first-order chi connectivity index (χ1) is 26.3. The van der Waals surface area contributed by atoms with Gasteiger partial charge in [-0.1, -0.05) is 62.4 Å². The summed E-state index contributed by atoms with van der Waals surface area (Å²) in [6, 6.07) is 7.76. The predicted molar refractivity (Wildman–Crippen MR) is 203 cm³/mol. The molecule has 5 heterocycles. The molecule has 3 aliphatic carbocycles. The quantitative estimate of drug-likeness (QED) is 0.107. The number of aliphatic hydroxyl groups is 1. The lowest BCUT2D eigenvalue weighted by Gasteiger charge is -2.54. The number of cyclic esters (lactones) is 1. The van der Waals surface area contributed by atoms with Crippen molar-refractivity contribution in [3.8, 4) is 0 Å². The van der Waals surface area contributed by atoms with E-state index in [9.17, 15) is 19.5 Å². The van der Waals surface area contributed by atoms with Crippen LogP contribution in [0.5, 0.6) is 0 Å². The molecule has 5 aliphatic heterocycles. The molecule has 0 radical (unpaired) electrons. The van der Waals surface area contributed by atoms with Crippen molar-refractivity contribution in [2.75, 3.05) is 53.4 Å². The molecule has 1 spiro atoms. The highest BCUT2D eigenvalue weighted by Crippen LogP contribution is 2.61. The number of nitrogens with zero attached hydrogens (tertiary/aromatic N) is 2. The highest BCUT2D eigenvalue weighted by Gasteiger charge is 2.69. The minimum absolute atomic E-state index is 0. The summed E-state index contributed by atoms with van der Waals surface area (Å²) in [5.41, 5.74) is 2.07. The molecular weight excluding hydrogens is 863 g/mol. The summed E-state index contributed by atoms with van der Waals surface area (Å²) >= 11 is 0. The number of esters is 3. The van der Waals surface area contributed by atoms with E-state index in [1.807, 2.05) is 51.1 Å². The Morgan fingerprint density at radius 1 is 1.07 bits per heavy atom. The Balaban J connectivity index is 0.00000275. The van der Waals surface area contributed by atoms with Crippen molar-refractivity contribution in [1.82, 2.24) is 0 Å². The van der Waals surface area contributed by atoms with E-state index in [2.05, 4.69) is 25.3 Å². The average molecular weight is 921 g/mol. The van der Waals surface area contributed by atoms with Crippen LogP contribution in [0.1, 0.15) is 56.5 Å². The van der Waals surface area contributed by atoms with Crippen LogP contribution >= 0.6 is 0 Å². The first-order valence-electron chi connectivity index (χ1n) is 20.3. The summed E-state index contributed by atoms with van der Waals surface area (Å²) in [7, 11) is 3.84. The zero-order valence-electron chi connectivity index (χ0n) is 33.9. The Kier molecular flexibility index (Phi) is 13.0. The normalized spacial score (nSPS) is 41.6. The molecule has 9 rings (SSSR count). The van der Waals surface area contributed by atoms with Crippen LogP contribution in [-0.2, 0) is 39.8 Å². The zero-order chi connectivity index (χ0) is 38.9. The van der Waals surface area contributed by atoms with Gasteiger partial charge >= 0.3 is 17.9 Å². The number of allylic oxidation sites excluding steroid dienone is 3. The number of fused-ring (bicyclic) bond motifs is 3. The Bertz CT molecular complexity index is 1820. The van der Waals surface area contributed by atoms with E-state index in [1.165, 1.54) is 26.7 Å². The number of quaternary nitrogens is 2. The van der Waals surface area contributed by atoms with Crippen LogP contribution in [0.3, 0.4) is 0 Å². The van der Waals surface area contributed by atoms with Crippen LogP contribution < -0.4 is 36.4 Å². The van der Waals surface area contributed by atoms with Gasteiger partial charge in [0.2, 0.25) is 0 Å². The maximum atomic E-state index is 13.9. The van der Waals surface area contributed by atoms with Gasteiger partial charge < -0.3 is 74.1 Å². The second-order valence-electron chi connectivity index (χ2n) is 17.9. The number of benzene rings is 1. The number of carbonyl (C=O) groups is 3. The number of carbonyl (C=O) groups excluding carboxylic acids is 3. The monoisotopic (exact) mass is 920 g/mol. The molecule has 312 valence electrons. The summed E-state index contributed by atoms with van der Waals surface area (Å²) in [4.78, 5) is 40.9. The van der Waals surface area contributed by atoms with Gasteiger partial charge in [-0.2, -0.15) is 0 Å². The summed E-state index contributed by atoms with van der Waals surface area (Å²) in [6.45, 7) is 15.5. The molecule has 8 aliphatic rings. The molecule has 57 heavy (non-hydrogen) atoms. The molecule has 12 atom stereocenters. The van der Waals surface area contributed by atoms with Crippen molar-refractivity contribution in [3.63, 3.8) is 0 Å². The van der Waals surface area contributed by atoms with E-state index in [1.54, 1.807) is 19.1 Å². The Morgan fingerprint density at radius 3 is 2.46 bits per heavy atom. The third-order valence-electron chi connectivity index (χ3n) is 14.5. The second kappa shape index (κ2) is 16.8. The third-order valence-corrected chi connectivity index (χ3v) is 14.5. The van der Waals surface area contributed by atoms with Crippen LogP contribution in [0.15, 0.2) is 71.9 Å². The molecule has 0 amide bonds. The number of halogens is 2. The lowest BCUT2D eigenvalue weighted by Crippen LogP contribution is -3.00. The molecular formula is C44H58ClIN2O9. The molecule has 6 bridgehead atoms. The minimum atomic E-state index is -0.993. The van der Waals surface area contributed by atoms with Crippen molar-refractivity contribution in [1.29, 1.82) is 0 Å². The van der Waals surface area contributed by atoms with E-state index in [-0.39, 0.29) is 66.5 Å². The number of aliphatic hydroxyl groups excluding tert-OH is 1. The topological polar surface area (TPSA) is 118 Å². The Morgan fingerprint density at radius 2 is 1.79 bits per heavy atom. The highest BCUT2D eigenvalue weighted by molar-refractivity contribution is 5.90. The highest BCUT2D eigenvalue weighted by atomic mass is 127. The Labute approximate surface area is 360 Å². The van der Waals surface area contributed by atoms with Gasteiger partial charge in [-0.3, -0.25) is 0 Å². The smallest absolute Gasteiger partial charge is 0.338 e. The van der Waals surface area contributed by atoms with Crippen molar-refractivity contribution >= 4 is 17.9 Å². The molecule has 4 saturated heterocycles. The van der Waals surface area contributed by atoms with Gasteiger partial charge in [0.1, 0.15) is 75.8 Å². The lowest BCUT2D eigenvalue weighted by molar-refractivity contribution is -1.08. The average Bonchev–Trinajstić information content (AvgIpc) is 3.78. The molecule has 11 nitrogen and oxygen atoms in total. The molecule has 1 N–H and O–H groups in total. The van der Waals surface area contributed by atoms with Crippen molar-refractivity contribution in [2.45, 2.75) is 89.3 Å². The number of methoxy groups -OCH3 is 1. The minimum Gasteiger partial charge on any atom is -1.00 e. The van der Waals surface area contributed by atoms with Crippen molar-refractivity contribution in [3.05, 3.63) is 83.0 Å². The van der Waals surface area contributed by atoms with Crippen molar-refractivity contribution in [2.24, 2.45) is 29.6 Å². The van der Waals surface area contributed by atoms with Gasteiger partial charge in [0.15, 0.2) is 6.10 Å². The fourth-order valence-electron chi connectivity index (χ4n) is 11.0. The maximum absolute atomic E-state index is 13.9. The number of rotatable bonds is 8. The number of ether oxygens (including phenoxy) is 5. The summed E-state index contributed by atoms with van der Waals surface area (Å²) in [6.07, 6.45) is 7.91. The van der Waals surface area contributed by atoms with E-state index in [0.717, 1.165) is 46.3 Å². The predicted octanol–water partition coefficient (Wildman–Crippen LogP) is -1.69. The number of piperazine rings is 3. The van der Waals surface area contributed by atoms with E-state index in [0.29, 0.717) is 17.6 Å². The zero-order valence-corrected chi connectivity index (χ0v) is 36.8.